The van der Waals surface area contributed by atoms with Crippen LogP contribution in [0.5, 0.6) is 0 Å². The molecule has 5 heteroatoms. The van der Waals surface area contributed by atoms with E-state index in [-0.39, 0.29) is 0 Å². The molecule has 0 spiro atoms. The van der Waals surface area contributed by atoms with Gasteiger partial charge in [0.15, 0.2) is 0 Å². The van der Waals surface area contributed by atoms with Crippen molar-refractivity contribution in [3.8, 4) is 0 Å². The molecule has 0 fully saturated rings. The average Bonchev–Trinajstić information content (AvgIpc) is 1.30. The van der Waals surface area contributed by atoms with Gasteiger partial charge in [-0.3, -0.25) is 4.79 Å². The topological polar surface area (TPSA) is 63.2 Å². The van der Waals surface area contributed by atoms with E-state index < -0.39 is 10.0 Å². The fourth-order valence-corrected chi connectivity index (χ4v) is 0.227. The van der Waals surface area contributed by atoms with E-state index in [2.05, 4.69) is 0 Å². The second-order valence-electron chi connectivity index (χ2n) is 0.976. The van der Waals surface area contributed by atoms with Crippen molar-refractivity contribution in [1.29, 1.82) is 0 Å². The Hall–Kier alpha value is -0.580. The standard InChI is InChI=1S/C2H4NO3S/c1-7(5,6)3-2-4/h1H3,(H,3,4). The Kier molecular flexibility index (Phi) is 1.76. The number of hydrogen-bond donors (Lipinski definition) is 1. The van der Waals surface area contributed by atoms with Crippen LogP contribution in [-0.2, 0) is 14.8 Å². The van der Waals surface area contributed by atoms with Crippen LogP contribution in [0, 0.1) is 0 Å². The van der Waals surface area contributed by atoms with Gasteiger partial charge in [0.25, 0.3) is 0 Å². The third kappa shape index (κ3) is 5.42. The summed E-state index contributed by atoms with van der Waals surface area (Å²) in [6.07, 6.45) is 1.89. The minimum Gasteiger partial charge on any atom is -0.263 e. The number of amides is 1. The first-order valence-corrected chi connectivity index (χ1v) is 3.29. The van der Waals surface area contributed by atoms with E-state index in [9.17, 15) is 13.2 Å². The van der Waals surface area contributed by atoms with Crippen LogP contribution in [-0.4, -0.2) is 21.1 Å². The van der Waals surface area contributed by atoms with Gasteiger partial charge in [-0.25, -0.2) is 13.1 Å². The molecular weight excluding hydrogens is 118 g/mol. The molecule has 1 N–H and O–H groups in total. The highest BCUT2D eigenvalue weighted by atomic mass is 32.2. The van der Waals surface area contributed by atoms with Crippen molar-refractivity contribution in [2.24, 2.45) is 0 Å². The summed E-state index contributed by atoms with van der Waals surface area (Å²) in [5.74, 6) is 0. The van der Waals surface area contributed by atoms with Crippen molar-refractivity contribution in [1.82, 2.24) is 4.72 Å². The summed E-state index contributed by atoms with van der Waals surface area (Å²) in [5.41, 5.74) is 0. The van der Waals surface area contributed by atoms with Crippen molar-refractivity contribution in [3.63, 3.8) is 0 Å². The van der Waals surface area contributed by atoms with E-state index in [1.807, 2.05) is 0 Å². The van der Waals surface area contributed by atoms with Crippen LogP contribution in [0.4, 0.5) is 0 Å². The summed E-state index contributed by atoms with van der Waals surface area (Å²) >= 11 is 0. The molecule has 0 atom stereocenters. The van der Waals surface area contributed by atoms with E-state index in [0.717, 1.165) is 12.7 Å². The lowest BCUT2D eigenvalue weighted by molar-refractivity contribution is 0.548. The molecular formula is C2H4NO3S. The first-order chi connectivity index (χ1) is 3.06. The van der Waals surface area contributed by atoms with Gasteiger partial charge in [-0.1, -0.05) is 0 Å². The van der Waals surface area contributed by atoms with Gasteiger partial charge in [0.05, 0.1) is 6.26 Å². The first kappa shape index (κ1) is 6.42. The lowest BCUT2D eigenvalue weighted by Crippen LogP contribution is -2.19. The van der Waals surface area contributed by atoms with Gasteiger partial charge in [0.1, 0.15) is 0 Å². The number of carbonyl (C=O) groups excluding carboxylic acids is 1. The van der Waals surface area contributed by atoms with Crippen LogP contribution in [0.3, 0.4) is 0 Å². The molecule has 1 amide bonds. The lowest BCUT2D eigenvalue weighted by atomic mass is 11.5. The van der Waals surface area contributed by atoms with Crippen molar-refractivity contribution >= 4 is 16.4 Å². The molecule has 0 saturated heterocycles. The normalized spacial score (nSPS) is 10.4. The Morgan fingerprint density at radius 2 is 2.00 bits per heavy atom. The van der Waals surface area contributed by atoms with E-state index in [4.69, 9.17) is 0 Å². The Labute approximate surface area is 41.6 Å². The SMILES string of the molecule is CS(=O)(=O)N[C]=O. The van der Waals surface area contributed by atoms with Crippen molar-refractivity contribution in [2.75, 3.05) is 6.26 Å². The molecule has 0 unspecified atom stereocenters. The van der Waals surface area contributed by atoms with Crippen LogP contribution in [0.15, 0.2) is 0 Å². The van der Waals surface area contributed by atoms with E-state index in [1.54, 1.807) is 0 Å². The first-order valence-electron chi connectivity index (χ1n) is 1.40. The van der Waals surface area contributed by atoms with Gasteiger partial charge in [-0.05, 0) is 0 Å². The Balaban J connectivity index is 3.84. The summed E-state index contributed by atoms with van der Waals surface area (Å²) in [5, 5.41) is 0. The zero-order valence-corrected chi connectivity index (χ0v) is 4.45. The van der Waals surface area contributed by atoms with Gasteiger partial charge in [-0.15, -0.1) is 0 Å². The number of nitrogens with one attached hydrogen (secondary N) is 1. The molecule has 1 radical (unpaired) electrons. The van der Waals surface area contributed by atoms with E-state index in [1.165, 1.54) is 4.72 Å². The Morgan fingerprint density at radius 3 is 2.00 bits per heavy atom. The largest absolute Gasteiger partial charge is 0.323 e. The molecule has 0 aromatic rings. The molecule has 0 rings (SSSR count). The summed E-state index contributed by atoms with van der Waals surface area (Å²) in [7, 11) is -3.35. The summed E-state index contributed by atoms with van der Waals surface area (Å²) in [4.78, 5) is 9.21. The maximum absolute atomic E-state index is 9.86. The van der Waals surface area contributed by atoms with Gasteiger partial charge in [0, 0.05) is 0 Å². The fourth-order valence-electron chi connectivity index (χ4n) is 0.0757. The zero-order chi connectivity index (χ0) is 5.91. The fraction of sp³-hybridized carbons (Fsp3) is 0.500. The monoisotopic (exact) mass is 122 g/mol. The summed E-state index contributed by atoms with van der Waals surface area (Å²) in [6.45, 7) is 0. The Morgan fingerprint density at radius 1 is 1.57 bits per heavy atom. The van der Waals surface area contributed by atoms with E-state index >= 15 is 0 Å². The number of sulfonamides is 1. The number of rotatable bonds is 2. The van der Waals surface area contributed by atoms with Gasteiger partial charge < -0.3 is 0 Å². The molecule has 0 saturated carbocycles. The van der Waals surface area contributed by atoms with Crippen LogP contribution in [0.2, 0.25) is 0 Å². The smallest absolute Gasteiger partial charge is 0.263 e. The second-order valence-corrected chi connectivity index (χ2v) is 2.72. The Bertz CT molecular complexity index is 146. The quantitative estimate of drug-likeness (QED) is 0.458. The summed E-state index contributed by atoms with van der Waals surface area (Å²) < 4.78 is 21.2. The third-order valence-corrected chi connectivity index (χ3v) is 0.681. The lowest BCUT2D eigenvalue weighted by Gasteiger charge is -1.84. The maximum Gasteiger partial charge on any atom is 0.323 e. The molecule has 7 heavy (non-hydrogen) atoms. The van der Waals surface area contributed by atoms with E-state index in [0.29, 0.717) is 0 Å². The van der Waals surface area contributed by atoms with Crippen molar-refractivity contribution < 1.29 is 13.2 Å². The van der Waals surface area contributed by atoms with Crippen LogP contribution >= 0.6 is 0 Å². The van der Waals surface area contributed by atoms with Crippen LogP contribution in [0.1, 0.15) is 0 Å². The second kappa shape index (κ2) is 1.92. The van der Waals surface area contributed by atoms with Crippen LogP contribution < -0.4 is 4.72 Å². The highest BCUT2D eigenvalue weighted by molar-refractivity contribution is 7.89. The maximum atomic E-state index is 9.86. The molecule has 41 valence electrons. The van der Waals surface area contributed by atoms with Gasteiger partial charge >= 0.3 is 6.41 Å². The van der Waals surface area contributed by atoms with Gasteiger partial charge in [-0.2, -0.15) is 0 Å². The summed E-state index contributed by atoms with van der Waals surface area (Å²) in [6, 6.07) is 0. The van der Waals surface area contributed by atoms with Crippen LogP contribution in [0.25, 0.3) is 0 Å². The van der Waals surface area contributed by atoms with Gasteiger partial charge in [0.2, 0.25) is 10.0 Å². The molecule has 4 nitrogen and oxygen atoms in total. The predicted octanol–water partition coefficient (Wildman–Crippen LogP) is -1.40. The minimum atomic E-state index is -3.35. The highest BCUT2D eigenvalue weighted by Crippen LogP contribution is 1.63. The molecule has 0 aromatic carbocycles. The molecule has 0 aliphatic rings. The predicted molar refractivity (Wildman–Crippen MR) is 23.7 cm³/mol. The average molecular weight is 122 g/mol. The van der Waals surface area contributed by atoms with Crippen molar-refractivity contribution in [2.45, 2.75) is 0 Å². The van der Waals surface area contributed by atoms with Crippen molar-refractivity contribution in [3.05, 3.63) is 0 Å². The molecule has 0 aromatic heterocycles. The molecule has 0 aliphatic carbocycles. The minimum absolute atomic E-state index is 0.873. The third-order valence-electron chi connectivity index (χ3n) is 0.227. The molecule has 0 heterocycles. The molecule has 0 bridgehead atoms. The number of hydrogen-bond acceptors (Lipinski definition) is 3. The highest BCUT2D eigenvalue weighted by Gasteiger charge is 1.93. The zero-order valence-electron chi connectivity index (χ0n) is 3.63. The molecule has 0 aliphatic heterocycles.